The molecule has 0 aliphatic carbocycles. The van der Waals surface area contributed by atoms with Crippen LogP contribution in [-0.4, -0.2) is 24.9 Å². The second-order valence-electron chi connectivity index (χ2n) is 7.65. The van der Waals surface area contributed by atoms with E-state index in [1.807, 2.05) is 36.7 Å². The number of pyridine rings is 3. The predicted octanol–water partition coefficient (Wildman–Crippen LogP) is 6.14. The van der Waals surface area contributed by atoms with Crippen LogP contribution in [-0.2, 0) is 0 Å². The average Bonchev–Trinajstić information content (AvgIpc) is 3.39. The van der Waals surface area contributed by atoms with Gasteiger partial charge in [0.2, 0.25) is 0 Å². The first-order chi connectivity index (χ1) is 15.3. The van der Waals surface area contributed by atoms with E-state index in [0.717, 1.165) is 55.9 Å². The number of fused-ring (bicyclic) bond motifs is 2. The second-order valence-corrected chi connectivity index (χ2v) is 7.65. The number of aryl methyl sites for hydroxylation is 1. The Labute approximate surface area is 178 Å². The number of rotatable bonds is 3. The molecule has 0 aliphatic rings. The summed E-state index contributed by atoms with van der Waals surface area (Å²) in [4.78, 5) is 20.5. The number of hydrogen-bond donors (Lipinski definition) is 2. The number of nitrogens with zero attached hydrogens (tertiary/aromatic N) is 3. The summed E-state index contributed by atoms with van der Waals surface area (Å²) in [7, 11) is 0. The third kappa shape index (κ3) is 2.90. The minimum Gasteiger partial charge on any atom is -0.354 e. The minimum absolute atomic E-state index is 0.873. The average molecular weight is 401 g/mol. The second kappa shape index (κ2) is 6.92. The van der Waals surface area contributed by atoms with Crippen molar-refractivity contribution in [2.24, 2.45) is 0 Å². The lowest BCUT2D eigenvalue weighted by Gasteiger charge is -2.02. The summed E-state index contributed by atoms with van der Waals surface area (Å²) in [6.45, 7) is 2.09. The van der Waals surface area contributed by atoms with Gasteiger partial charge >= 0.3 is 0 Å². The lowest BCUT2D eigenvalue weighted by molar-refractivity contribution is 1.24. The first-order valence-corrected chi connectivity index (χ1v) is 10.2. The van der Waals surface area contributed by atoms with E-state index in [-0.39, 0.29) is 0 Å². The van der Waals surface area contributed by atoms with E-state index in [4.69, 9.17) is 0 Å². The van der Waals surface area contributed by atoms with Gasteiger partial charge < -0.3 is 9.97 Å². The van der Waals surface area contributed by atoms with Crippen LogP contribution in [0.2, 0.25) is 0 Å². The topological polar surface area (TPSA) is 70.2 Å². The van der Waals surface area contributed by atoms with Crippen molar-refractivity contribution in [3.05, 3.63) is 91.1 Å². The summed E-state index contributed by atoms with van der Waals surface area (Å²) in [5.41, 5.74) is 9.43. The van der Waals surface area contributed by atoms with Crippen molar-refractivity contribution in [1.29, 1.82) is 0 Å². The third-order valence-electron chi connectivity index (χ3n) is 5.70. The highest BCUT2D eigenvalue weighted by Gasteiger charge is 2.16. The van der Waals surface area contributed by atoms with E-state index in [2.05, 4.69) is 68.2 Å². The van der Waals surface area contributed by atoms with Crippen molar-refractivity contribution in [2.75, 3.05) is 0 Å². The third-order valence-corrected chi connectivity index (χ3v) is 5.70. The standard InChI is InChI=1S/C26H19N5/c1-16-25(21-12-18(15-29-26(21)30-16)22-8-2-3-11-28-22)24-13-20-19(7-4-9-23(20)31-24)17-6-5-10-27-14-17/h2-15,31H,1H3,(H,29,30). The minimum atomic E-state index is 0.873. The quantitative estimate of drug-likeness (QED) is 0.374. The van der Waals surface area contributed by atoms with E-state index >= 15 is 0 Å². The number of aromatic nitrogens is 5. The van der Waals surface area contributed by atoms with Crippen LogP contribution in [0.1, 0.15) is 5.69 Å². The summed E-state index contributed by atoms with van der Waals surface area (Å²) in [5, 5.41) is 2.25. The molecule has 0 fully saturated rings. The van der Waals surface area contributed by atoms with Gasteiger partial charge in [0.1, 0.15) is 5.65 Å². The molecular weight excluding hydrogens is 382 g/mol. The van der Waals surface area contributed by atoms with Crippen molar-refractivity contribution in [1.82, 2.24) is 24.9 Å². The molecule has 0 unspecified atom stereocenters. The Morgan fingerprint density at radius 3 is 2.55 bits per heavy atom. The summed E-state index contributed by atoms with van der Waals surface area (Å²) in [6.07, 6.45) is 7.38. The van der Waals surface area contributed by atoms with E-state index in [1.54, 1.807) is 12.4 Å². The molecule has 0 bridgehead atoms. The lowest BCUT2D eigenvalue weighted by Crippen LogP contribution is -1.85. The Kier molecular flexibility index (Phi) is 3.93. The molecule has 6 rings (SSSR count). The van der Waals surface area contributed by atoms with Crippen LogP contribution >= 0.6 is 0 Å². The van der Waals surface area contributed by atoms with Crippen LogP contribution in [0.5, 0.6) is 0 Å². The van der Waals surface area contributed by atoms with Crippen LogP contribution in [0.3, 0.4) is 0 Å². The molecule has 0 atom stereocenters. The molecule has 5 nitrogen and oxygen atoms in total. The zero-order valence-corrected chi connectivity index (χ0v) is 16.9. The monoisotopic (exact) mass is 401 g/mol. The first kappa shape index (κ1) is 17.6. The van der Waals surface area contributed by atoms with Crippen LogP contribution in [0.4, 0.5) is 0 Å². The molecule has 0 radical (unpaired) electrons. The molecule has 5 heterocycles. The van der Waals surface area contributed by atoms with Crippen molar-refractivity contribution >= 4 is 21.9 Å². The van der Waals surface area contributed by atoms with Gasteiger partial charge in [-0.05, 0) is 48.9 Å². The van der Waals surface area contributed by atoms with Crippen molar-refractivity contribution < 1.29 is 0 Å². The molecule has 2 N–H and O–H groups in total. The van der Waals surface area contributed by atoms with Gasteiger partial charge in [-0.25, -0.2) is 4.98 Å². The summed E-state index contributed by atoms with van der Waals surface area (Å²) >= 11 is 0. The number of aromatic amines is 2. The molecule has 0 amide bonds. The molecule has 6 aromatic rings. The zero-order valence-electron chi connectivity index (χ0n) is 16.9. The highest BCUT2D eigenvalue weighted by molar-refractivity contribution is 6.03. The maximum Gasteiger partial charge on any atom is 0.138 e. The zero-order chi connectivity index (χ0) is 20.8. The Morgan fingerprint density at radius 1 is 0.742 bits per heavy atom. The molecule has 0 saturated carbocycles. The smallest absolute Gasteiger partial charge is 0.138 e. The fraction of sp³-hybridized carbons (Fsp3) is 0.0385. The van der Waals surface area contributed by atoms with Gasteiger partial charge in [-0.1, -0.05) is 24.3 Å². The van der Waals surface area contributed by atoms with E-state index in [1.165, 1.54) is 5.39 Å². The van der Waals surface area contributed by atoms with Crippen LogP contribution < -0.4 is 0 Å². The van der Waals surface area contributed by atoms with Crippen molar-refractivity contribution in [3.8, 4) is 33.6 Å². The normalized spacial score (nSPS) is 11.4. The molecule has 5 aromatic heterocycles. The fourth-order valence-electron chi connectivity index (χ4n) is 4.28. The molecule has 148 valence electrons. The summed E-state index contributed by atoms with van der Waals surface area (Å²) < 4.78 is 0. The van der Waals surface area contributed by atoms with Gasteiger partial charge in [0.05, 0.1) is 5.69 Å². The van der Waals surface area contributed by atoms with Crippen molar-refractivity contribution in [3.63, 3.8) is 0 Å². The molecule has 5 heteroatoms. The maximum atomic E-state index is 4.67. The van der Waals surface area contributed by atoms with Gasteiger partial charge in [-0.2, -0.15) is 0 Å². The summed E-state index contributed by atoms with van der Waals surface area (Å²) in [6, 6.07) is 20.7. The maximum absolute atomic E-state index is 4.67. The molecule has 0 saturated heterocycles. The Hall–Kier alpha value is -4.25. The number of H-pyrrole nitrogens is 2. The summed E-state index contributed by atoms with van der Waals surface area (Å²) in [5.74, 6) is 0. The van der Waals surface area contributed by atoms with E-state index < -0.39 is 0 Å². The van der Waals surface area contributed by atoms with E-state index in [9.17, 15) is 0 Å². The van der Waals surface area contributed by atoms with Crippen LogP contribution in [0.25, 0.3) is 55.6 Å². The van der Waals surface area contributed by atoms with Gasteiger partial charge in [0, 0.05) is 69.2 Å². The van der Waals surface area contributed by atoms with Gasteiger partial charge in [-0.15, -0.1) is 0 Å². The molecular formula is C26H19N5. The lowest BCUT2D eigenvalue weighted by atomic mass is 10.0. The first-order valence-electron chi connectivity index (χ1n) is 10.2. The van der Waals surface area contributed by atoms with Gasteiger partial charge in [0.25, 0.3) is 0 Å². The largest absolute Gasteiger partial charge is 0.354 e. The van der Waals surface area contributed by atoms with Crippen LogP contribution in [0.15, 0.2) is 85.5 Å². The molecule has 0 aliphatic heterocycles. The number of benzene rings is 1. The fourth-order valence-corrected chi connectivity index (χ4v) is 4.28. The van der Waals surface area contributed by atoms with Crippen LogP contribution in [0, 0.1) is 6.92 Å². The van der Waals surface area contributed by atoms with Gasteiger partial charge in [-0.3, -0.25) is 9.97 Å². The Bertz CT molecular complexity index is 1530. The predicted molar refractivity (Wildman–Crippen MR) is 125 cm³/mol. The molecule has 0 spiro atoms. The molecule has 1 aromatic carbocycles. The number of nitrogens with one attached hydrogen (secondary N) is 2. The SMILES string of the molecule is Cc1[nH]c2ncc(-c3ccccn3)cc2c1-c1cc2c(-c3cccnc3)cccc2[nH]1. The number of hydrogen-bond acceptors (Lipinski definition) is 3. The van der Waals surface area contributed by atoms with Gasteiger partial charge in [0.15, 0.2) is 0 Å². The Balaban J connectivity index is 1.56. The van der Waals surface area contributed by atoms with E-state index in [0.29, 0.717) is 0 Å². The highest BCUT2D eigenvalue weighted by Crippen LogP contribution is 2.37. The highest BCUT2D eigenvalue weighted by atomic mass is 14.9. The molecule has 31 heavy (non-hydrogen) atoms. The van der Waals surface area contributed by atoms with Crippen molar-refractivity contribution in [2.45, 2.75) is 6.92 Å². The Morgan fingerprint density at radius 2 is 1.71 bits per heavy atom.